The molecule has 0 aromatic heterocycles. The van der Waals surface area contributed by atoms with Gasteiger partial charge in [-0.05, 0) is 26.7 Å². The standard InChI is InChI=1S/C9H18O2S/c1-9(2,7-10)12-8-3-5-11-6-4-8/h8,10H,3-7H2,1-2H3. The van der Waals surface area contributed by atoms with Gasteiger partial charge in [-0.2, -0.15) is 0 Å². The first-order valence-corrected chi connectivity index (χ1v) is 5.38. The van der Waals surface area contributed by atoms with Gasteiger partial charge in [0, 0.05) is 23.2 Å². The summed E-state index contributed by atoms with van der Waals surface area (Å²) in [6, 6.07) is 0. The Hall–Kier alpha value is 0.270. The van der Waals surface area contributed by atoms with Gasteiger partial charge in [0.2, 0.25) is 0 Å². The van der Waals surface area contributed by atoms with Gasteiger partial charge in [0.05, 0.1) is 6.61 Å². The Morgan fingerprint density at radius 1 is 1.42 bits per heavy atom. The largest absolute Gasteiger partial charge is 0.395 e. The molecule has 0 spiro atoms. The first-order chi connectivity index (χ1) is 5.64. The summed E-state index contributed by atoms with van der Waals surface area (Å²) < 4.78 is 5.29. The lowest BCUT2D eigenvalue weighted by Gasteiger charge is -2.29. The quantitative estimate of drug-likeness (QED) is 0.734. The van der Waals surface area contributed by atoms with Gasteiger partial charge in [-0.1, -0.05) is 0 Å². The summed E-state index contributed by atoms with van der Waals surface area (Å²) in [5, 5.41) is 9.75. The van der Waals surface area contributed by atoms with Crippen molar-refractivity contribution in [3.05, 3.63) is 0 Å². The van der Waals surface area contributed by atoms with Crippen molar-refractivity contribution in [1.82, 2.24) is 0 Å². The Morgan fingerprint density at radius 3 is 2.50 bits per heavy atom. The van der Waals surface area contributed by atoms with Crippen molar-refractivity contribution in [2.45, 2.75) is 36.7 Å². The van der Waals surface area contributed by atoms with Gasteiger partial charge in [-0.25, -0.2) is 0 Å². The molecule has 0 bridgehead atoms. The van der Waals surface area contributed by atoms with E-state index in [1.165, 1.54) is 0 Å². The van der Waals surface area contributed by atoms with Crippen LogP contribution in [-0.2, 0) is 4.74 Å². The van der Waals surface area contributed by atoms with Crippen molar-refractivity contribution < 1.29 is 9.84 Å². The Kier molecular flexibility index (Phi) is 3.87. The van der Waals surface area contributed by atoms with Crippen LogP contribution in [0.4, 0.5) is 0 Å². The normalized spacial score (nSPS) is 21.2. The van der Waals surface area contributed by atoms with Gasteiger partial charge in [0.1, 0.15) is 0 Å². The van der Waals surface area contributed by atoms with Crippen LogP contribution in [0, 0.1) is 0 Å². The molecule has 0 radical (unpaired) electrons. The summed E-state index contributed by atoms with van der Waals surface area (Å²) in [5.41, 5.74) is 0. The third-order valence-corrected chi connectivity index (χ3v) is 3.61. The molecule has 0 saturated carbocycles. The van der Waals surface area contributed by atoms with Crippen molar-refractivity contribution in [2.24, 2.45) is 0 Å². The lowest BCUT2D eigenvalue weighted by atomic mass is 10.2. The summed E-state index contributed by atoms with van der Waals surface area (Å²) in [4.78, 5) is 0. The zero-order valence-corrected chi connectivity index (χ0v) is 8.69. The molecule has 1 saturated heterocycles. The Balaban J connectivity index is 2.28. The molecule has 12 heavy (non-hydrogen) atoms. The van der Waals surface area contributed by atoms with E-state index in [2.05, 4.69) is 13.8 Å². The van der Waals surface area contributed by atoms with E-state index in [0.717, 1.165) is 26.1 Å². The Labute approximate surface area is 78.7 Å². The molecule has 1 aliphatic rings. The fourth-order valence-corrected chi connectivity index (χ4v) is 2.69. The van der Waals surface area contributed by atoms with E-state index < -0.39 is 0 Å². The fraction of sp³-hybridized carbons (Fsp3) is 1.00. The van der Waals surface area contributed by atoms with E-state index in [4.69, 9.17) is 9.84 Å². The molecule has 72 valence electrons. The molecule has 1 fully saturated rings. The molecular weight excluding hydrogens is 172 g/mol. The molecule has 0 amide bonds. The van der Waals surface area contributed by atoms with E-state index in [-0.39, 0.29) is 11.4 Å². The summed E-state index contributed by atoms with van der Waals surface area (Å²) in [6.45, 7) is 6.22. The molecule has 0 aliphatic carbocycles. The zero-order valence-electron chi connectivity index (χ0n) is 7.88. The van der Waals surface area contributed by atoms with Gasteiger partial charge in [0.15, 0.2) is 0 Å². The zero-order chi connectivity index (χ0) is 9.03. The van der Waals surface area contributed by atoms with Crippen LogP contribution in [0.3, 0.4) is 0 Å². The van der Waals surface area contributed by atoms with Crippen LogP contribution in [0.15, 0.2) is 0 Å². The summed E-state index contributed by atoms with van der Waals surface area (Å²) >= 11 is 1.89. The molecule has 3 heteroatoms. The van der Waals surface area contributed by atoms with E-state index in [0.29, 0.717) is 5.25 Å². The second-order valence-corrected chi connectivity index (χ2v) is 5.85. The molecule has 2 nitrogen and oxygen atoms in total. The van der Waals surface area contributed by atoms with Gasteiger partial charge >= 0.3 is 0 Å². The van der Waals surface area contributed by atoms with Crippen LogP contribution >= 0.6 is 11.8 Å². The lowest BCUT2D eigenvalue weighted by Crippen LogP contribution is -2.27. The molecule has 0 atom stereocenters. The highest BCUT2D eigenvalue weighted by molar-refractivity contribution is 8.01. The highest BCUT2D eigenvalue weighted by Gasteiger charge is 2.24. The van der Waals surface area contributed by atoms with Gasteiger partial charge in [-0.3, -0.25) is 0 Å². The minimum atomic E-state index is 0.0159. The second kappa shape index (κ2) is 4.49. The number of rotatable bonds is 3. The summed E-state index contributed by atoms with van der Waals surface area (Å²) in [5.74, 6) is 0. The minimum absolute atomic E-state index is 0.0159. The third-order valence-electron chi connectivity index (χ3n) is 2.03. The first-order valence-electron chi connectivity index (χ1n) is 4.50. The molecular formula is C9H18O2S. The summed E-state index contributed by atoms with van der Waals surface area (Å²) in [7, 11) is 0. The van der Waals surface area contributed by atoms with E-state index in [9.17, 15) is 0 Å². The number of hydrogen-bond donors (Lipinski definition) is 1. The molecule has 0 aromatic rings. The van der Waals surface area contributed by atoms with Crippen molar-refractivity contribution in [3.8, 4) is 0 Å². The van der Waals surface area contributed by atoms with Crippen LogP contribution in [-0.4, -0.2) is 34.9 Å². The predicted octanol–water partition coefficient (Wildman–Crippen LogP) is 1.67. The van der Waals surface area contributed by atoms with Crippen molar-refractivity contribution in [3.63, 3.8) is 0 Å². The van der Waals surface area contributed by atoms with Crippen LogP contribution in [0.25, 0.3) is 0 Å². The molecule has 0 aromatic carbocycles. The van der Waals surface area contributed by atoms with E-state index in [1.54, 1.807) is 0 Å². The van der Waals surface area contributed by atoms with Gasteiger partial charge in [0.25, 0.3) is 0 Å². The van der Waals surface area contributed by atoms with E-state index in [1.807, 2.05) is 11.8 Å². The molecule has 1 N–H and O–H groups in total. The average Bonchev–Trinajstić information content (AvgIpc) is 2.06. The maximum absolute atomic E-state index is 9.07. The SMILES string of the molecule is CC(C)(CO)SC1CCOCC1. The highest BCUT2D eigenvalue weighted by atomic mass is 32.2. The predicted molar refractivity (Wildman–Crippen MR) is 52.6 cm³/mol. The smallest absolute Gasteiger partial charge is 0.0572 e. The number of aliphatic hydroxyl groups excluding tert-OH is 1. The van der Waals surface area contributed by atoms with Crippen molar-refractivity contribution in [1.29, 1.82) is 0 Å². The molecule has 0 unspecified atom stereocenters. The maximum Gasteiger partial charge on any atom is 0.0572 e. The number of aliphatic hydroxyl groups is 1. The second-order valence-electron chi connectivity index (χ2n) is 3.85. The van der Waals surface area contributed by atoms with Crippen LogP contribution < -0.4 is 0 Å². The molecule has 1 aliphatic heterocycles. The Morgan fingerprint density at radius 2 is 2.00 bits per heavy atom. The Bertz CT molecular complexity index is 130. The fourth-order valence-electron chi connectivity index (χ4n) is 1.28. The average molecular weight is 190 g/mol. The van der Waals surface area contributed by atoms with Crippen molar-refractivity contribution >= 4 is 11.8 Å². The lowest BCUT2D eigenvalue weighted by molar-refractivity contribution is 0.0996. The van der Waals surface area contributed by atoms with E-state index >= 15 is 0 Å². The van der Waals surface area contributed by atoms with Crippen LogP contribution in [0.2, 0.25) is 0 Å². The number of ether oxygens (including phenoxy) is 1. The van der Waals surface area contributed by atoms with Gasteiger partial charge in [-0.15, -0.1) is 11.8 Å². The molecule has 1 heterocycles. The minimum Gasteiger partial charge on any atom is -0.395 e. The third kappa shape index (κ3) is 3.33. The van der Waals surface area contributed by atoms with Gasteiger partial charge < -0.3 is 9.84 Å². The molecule has 1 rings (SSSR count). The van der Waals surface area contributed by atoms with Crippen molar-refractivity contribution in [2.75, 3.05) is 19.8 Å². The van der Waals surface area contributed by atoms with Crippen LogP contribution in [0.5, 0.6) is 0 Å². The number of thioether (sulfide) groups is 1. The number of hydrogen-bond acceptors (Lipinski definition) is 3. The van der Waals surface area contributed by atoms with Crippen LogP contribution in [0.1, 0.15) is 26.7 Å². The maximum atomic E-state index is 9.07. The highest BCUT2D eigenvalue weighted by Crippen LogP contribution is 2.33. The monoisotopic (exact) mass is 190 g/mol. The topological polar surface area (TPSA) is 29.5 Å². The first kappa shape index (κ1) is 10.4. The summed E-state index contributed by atoms with van der Waals surface area (Å²) in [6.07, 6.45) is 2.27.